The molecular formula is C32H44O10S3Si. The summed E-state index contributed by atoms with van der Waals surface area (Å²) in [6.07, 6.45) is 0. The predicted molar refractivity (Wildman–Crippen MR) is 179 cm³/mol. The van der Waals surface area contributed by atoms with Crippen LogP contribution < -0.4 is 0 Å². The van der Waals surface area contributed by atoms with Gasteiger partial charge in [0, 0.05) is 6.61 Å². The summed E-state index contributed by atoms with van der Waals surface area (Å²) in [7, 11) is -15.7. The Morgan fingerprint density at radius 1 is 0.500 bits per heavy atom. The Balaban J connectivity index is 2.06. The molecule has 10 nitrogen and oxygen atoms in total. The summed E-state index contributed by atoms with van der Waals surface area (Å²) in [5.41, 5.74) is 0.782. The smallest absolute Gasteiger partial charge is 0.296 e. The molecule has 0 fully saturated rings. The molecule has 0 heterocycles. The minimum absolute atomic E-state index is 0.126. The van der Waals surface area contributed by atoms with Crippen LogP contribution in [-0.4, -0.2) is 60.0 Å². The van der Waals surface area contributed by atoms with Crippen molar-refractivity contribution in [2.75, 3.05) is 26.4 Å². The summed E-state index contributed by atoms with van der Waals surface area (Å²) >= 11 is 0. The van der Waals surface area contributed by atoms with E-state index in [1.165, 1.54) is 36.4 Å². The molecule has 0 bridgehead atoms. The molecule has 0 aromatic heterocycles. The standard InChI is InChI=1S/C32H44O10S3Si/c1-25-9-15-28(16-10-25)43(33,34)39-21-32(24-42-46(7,8)31(4,5)6,22-40-44(35,36)29-17-11-26(2)12-18-29)23-41-45(37,38)30-19-13-27(3)14-20-30/h9-20H,21-24H2,1-8H3. The lowest BCUT2D eigenvalue weighted by Gasteiger charge is -2.40. The molecule has 3 aromatic rings. The van der Waals surface area contributed by atoms with Crippen molar-refractivity contribution in [2.45, 2.75) is 74.4 Å². The van der Waals surface area contributed by atoms with Gasteiger partial charge in [0.15, 0.2) is 8.32 Å². The largest absolute Gasteiger partial charge is 0.416 e. The number of hydrogen-bond donors (Lipinski definition) is 0. The average molecular weight is 713 g/mol. The zero-order chi connectivity index (χ0) is 34.6. The summed E-state index contributed by atoms with van der Waals surface area (Å²) < 4.78 is 103. The van der Waals surface area contributed by atoms with Gasteiger partial charge in [-0.1, -0.05) is 73.9 Å². The lowest BCUT2D eigenvalue weighted by atomic mass is 9.93. The van der Waals surface area contributed by atoms with E-state index in [1.54, 1.807) is 57.2 Å². The SMILES string of the molecule is Cc1ccc(S(=O)(=O)OCC(CO[Si](C)(C)C(C)(C)C)(COS(=O)(=O)c2ccc(C)cc2)COS(=O)(=O)c2ccc(C)cc2)cc1. The van der Waals surface area contributed by atoms with Gasteiger partial charge in [0.2, 0.25) is 0 Å². The Bertz CT molecular complexity index is 1600. The van der Waals surface area contributed by atoms with Gasteiger partial charge in [-0.15, -0.1) is 0 Å². The molecule has 3 aromatic carbocycles. The first kappa shape index (κ1) is 38.0. The molecule has 0 atom stereocenters. The zero-order valence-corrected chi connectivity index (χ0v) is 31.0. The van der Waals surface area contributed by atoms with E-state index in [0.29, 0.717) is 0 Å². The van der Waals surface area contributed by atoms with Crippen LogP contribution in [0.3, 0.4) is 0 Å². The molecule has 0 aliphatic rings. The second kappa shape index (κ2) is 14.4. The van der Waals surface area contributed by atoms with Crippen LogP contribution in [0.1, 0.15) is 37.5 Å². The molecule has 0 spiro atoms. The Labute approximate surface area is 275 Å². The third-order valence-electron chi connectivity index (χ3n) is 8.04. The topological polar surface area (TPSA) is 139 Å². The maximum atomic E-state index is 13.3. The summed E-state index contributed by atoms with van der Waals surface area (Å²) in [6, 6.07) is 18.0. The zero-order valence-electron chi connectivity index (χ0n) is 27.6. The minimum Gasteiger partial charge on any atom is -0.416 e. The van der Waals surface area contributed by atoms with Crippen LogP contribution in [0.2, 0.25) is 18.1 Å². The third-order valence-corrected chi connectivity index (χ3v) is 16.3. The molecule has 0 aliphatic carbocycles. The fourth-order valence-corrected chi connectivity index (χ4v) is 7.86. The average Bonchev–Trinajstić information content (AvgIpc) is 2.96. The summed E-state index contributed by atoms with van der Waals surface area (Å²) in [5.74, 6) is 0. The van der Waals surface area contributed by atoms with Gasteiger partial charge in [-0.2, -0.15) is 25.3 Å². The summed E-state index contributed by atoms with van der Waals surface area (Å²) in [5, 5.41) is -0.294. The normalized spacial score (nSPS) is 13.6. The van der Waals surface area contributed by atoms with Gasteiger partial charge in [-0.25, -0.2) is 0 Å². The lowest BCUT2D eigenvalue weighted by molar-refractivity contribution is -0.00187. The van der Waals surface area contributed by atoms with Crippen molar-refractivity contribution < 1.29 is 42.2 Å². The molecule has 0 saturated carbocycles. The van der Waals surface area contributed by atoms with Gasteiger partial charge in [0.05, 0.1) is 39.9 Å². The maximum Gasteiger partial charge on any atom is 0.296 e. The Morgan fingerprint density at radius 3 is 1.00 bits per heavy atom. The van der Waals surface area contributed by atoms with Crippen LogP contribution >= 0.6 is 0 Å². The maximum absolute atomic E-state index is 13.3. The highest BCUT2D eigenvalue weighted by Crippen LogP contribution is 2.38. The van der Waals surface area contributed by atoms with Gasteiger partial charge >= 0.3 is 0 Å². The van der Waals surface area contributed by atoms with Crippen molar-refractivity contribution >= 4 is 38.7 Å². The van der Waals surface area contributed by atoms with E-state index in [1.807, 2.05) is 33.9 Å². The fourth-order valence-electron chi connectivity index (χ4n) is 3.73. The number of rotatable bonds is 15. The highest BCUT2D eigenvalue weighted by molar-refractivity contribution is 7.87. The van der Waals surface area contributed by atoms with Crippen LogP contribution in [-0.2, 0) is 47.3 Å². The Morgan fingerprint density at radius 2 is 0.761 bits per heavy atom. The van der Waals surface area contributed by atoms with Crippen molar-refractivity contribution in [2.24, 2.45) is 5.41 Å². The van der Waals surface area contributed by atoms with Crippen LogP contribution in [0.5, 0.6) is 0 Å². The van der Waals surface area contributed by atoms with E-state index < -0.39 is 63.9 Å². The molecule has 0 N–H and O–H groups in total. The van der Waals surface area contributed by atoms with E-state index in [0.717, 1.165) is 16.7 Å². The van der Waals surface area contributed by atoms with Crippen molar-refractivity contribution in [1.29, 1.82) is 0 Å². The molecule has 254 valence electrons. The van der Waals surface area contributed by atoms with Crippen molar-refractivity contribution in [1.82, 2.24) is 0 Å². The Hall–Kier alpha value is -2.43. The first-order valence-electron chi connectivity index (χ1n) is 14.6. The summed E-state index contributed by atoms with van der Waals surface area (Å²) in [6.45, 7) is 12.9. The number of hydrogen-bond acceptors (Lipinski definition) is 10. The van der Waals surface area contributed by atoms with Gasteiger partial charge in [0.25, 0.3) is 30.4 Å². The van der Waals surface area contributed by atoms with Gasteiger partial charge < -0.3 is 4.43 Å². The van der Waals surface area contributed by atoms with Gasteiger partial charge in [0.1, 0.15) is 0 Å². The second-order valence-corrected chi connectivity index (χ2v) is 22.8. The lowest BCUT2D eigenvalue weighted by Crippen LogP contribution is -2.49. The molecule has 14 heteroatoms. The van der Waals surface area contributed by atoms with Crippen LogP contribution in [0.4, 0.5) is 0 Å². The van der Waals surface area contributed by atoms with E-state index in [9.17, 15) is 25.3 Å². The highest BCUT2D eigenvalue weighted by Gasteiger charge is 2.43. The molecule has 0 amide bonds. The van der Waals surface area contributed by atoms with Crippen molar-refractivity contribution in [3.63, 3.8) is 0 Å². The Kier molecular flexibility index (Phi) is 11.9. The summed E-state index contributed by atoms with van der Waals surface area (Å²) in [4.78, 5) is -0.379. The molecule has 46 heavy (non-hydrogen) atoms. The fraction of sp³-hybridized carbons (Fsp3) is 0.438. The van der Waals surface area contributed by atoms with Gasteiger partial charge in [-0.3, -0.25) is 12.5 Å². The third kappa shape index (κ3) is 10.0. The van der Waals surface area contributed by atoms with E-state index >= 15 is 0 Å². The number of aryl methyl sites for hydroxylation is 3. The minimum atomic E-state index is -4.37. The second-order valence-electron chi connectivity index (χ2n) is 13.1. The van der Waals surface area contributed by atoms with Crippen LogP contribution in [0.25, 0.3) is 0 Å². The highest BCUT2D eigenvalue weighted by atomic mass is 32.2. The first-order chi connectivity index (χ1) is 21.1. The van der Waals surface area contributed by atoms with Crippen molar-refractivity contribution in [3.05, 3.63) is 89.5 Å². The molecule has 3 rings (SSSR count). The molecule has 0 radical (unpaired) electrons. The van der Waals surface area contributed by atoms with E-state index in [4.69, 9.17) is 17.0 Å². The monoisotopic (exact) mass is 712 g/mol. The number of benzene rings is 3. The predicted octanol–water partition coefficient (Wildman–Crippen LogP) is 6.14. The molecule has 0 unspecified atom stereocenters. The first-order valence-corrected chi connectivity index (χ1v) is 21.7. The molecular weight excluding hydrogens is 669 g/mol. The van der Waals surface area contributed by atoms with E-state index in [-0.39, 0.29) is 26.3 Å². The van der Waals surface area contributed by atoms with Crippen LogP contribution in [0, 0.1) is 26.2 Å². The van der Waals surface area contributed by atoms with Crippen LogP contribution in [0.15, 0.2) is 87.5 Å². The van der Waals surface area contributed by atoms with Crippen molar-refractivity contribution in [3.8, 4) is 0 Å². The molecule has 0 saturated heterocycles. The van der Waals surface area contributed by atoms with E-state index in [2.05, 4.69) is 0 Å². The quantitative estimate of drug-likeness (QED) is 0.133. The molecule has 0 aliphatic heterocycles. The van der Waals surface area contributed by atoms with Gasteiger partial charge in [-0.05, 0) is 75.3 Å².